The van der Waals surface area contributed by atoms with Crippen LogP contribution in [0.5, 0.6) is 0 Å². The Bertz CT molecular complexity index is 824. The topological polar surface area (TPSA) is 109 Å². The molecule has 0 bridgehead atoms. The molecular weight excluding hydrogens is 363 g/mol. The summed E-state index contributed by atoms with van der Waals surface area (Å²) in [7, 11) is 0. The number of rotatable bonds is 7. The minimum absolute atomic E-state index is 0.0326. The predicted molar refractivity (Wildman–Crippen MR) is 94.6 cm³/mol. The second-order valence-electron chi connectivity index (χ2n) is 4.77. The summed E-state index contributed by atoms with van der Waals surface area (Å²) in [6.07, 6.45) is 1.64. The number of urea groups is 1. The molecule has 0 radical (unpaired) electrons. The summed E-state index contributed by atoms with van der Waals surface area (Å²) in [5.41, 5.74) is -0.0537. The molecule has 3 amide bonds. The SMILES string of the molecule is C=CCNc1nc(C(=O)OCC(=O)NC(=O)Nc2ccccc2F)cs1. The third-order valence-corrected chi connectivity index (χ3v) is 3.62. The smallest absolute Gasteiger partial charge is 0.358 e. The lowest BCUT2D eigenvalue weighted by Gasteiger charge is -2.07. The molecule has 3 N–H and O–H groups in total. The predicted octanol–water partition coefficient (Wildman–Crippen LogP) is 2.39. The Hall–Kier alpha value is -3.27. The first-order chi connectivity index (χ1) is 12.5. The molecule has 1 heterocycles. The molecule has 26 heavy (non-hydrogen) atoms. The molecule has 0 aliphatic heterocycles. The van der Waals surface area contributed by atoms with Crippen molar-refractivity contribution in [2.75, 3.05) is 23.8 Å². The molecule has 0 fully saturated rings. The van der Waals surface area contributed by atoms with Gasteiger partial charge in [0, 0.05) is 11.9 Å². The van der Waals surface area contributed by atoms with Gasteiger partial charge in [0.15, 0.2) is 17.4 Å². The molecule has 2 rings (SSSR count). The highest BCUT2D eigenvalue weighted by molar-refractivity contribution is 7.13. The van der Waals surface area contributed by atoms with Crippen LogP contribution >= 0.6 is 11.3 Å². The van der Waals surface area contributed by atoms with Crippen molar-refractivity contribution >= 4 is 40.1 Å². The summed E-state index contributed by atoms with van der Waals surface area (Å²) in [5.74, 6) is -2.32. The molecule has 10 heteroatoms. The van der Waals surface area contributed by atoms with Crippen LogP contribution in [0, 0.1) is 5.82 Å². The average Bonchev–Trinajstić information content (AvgIpc) is 3.09. The summed E-state index contributed by atoms with van der Waals surface area (Å²) in [4.78, 5) is 39.0. The van der Waals surface area contributed by atoms with Gasteiger partial charge < -0.3 is 15.4 Å². The van der Waals surface area contributed by atoms with Crippen LogP contribution in [0.2, 0.25) is 0 Å². The van der Waals surface area contributed by atoms with Gasteiger partial charge in [-0.15, -0.1) is 17.9 Å². The molecule has 0 saturated carbocycles. The van der Waals surface area contributed by atoms with Crippen LogP contribution in [-0.4, -0.2) is 36.0 Å². The number of imide groups is 1. The standard InChI is InChI=1S/C16H15FN4O4S/c1-2-7-18-16-20-12(9-26-16)14(23)25-8-13(22)21-15(24)19-11-6-4-3-5-10(11)17/h2-6,9H,1,7-8H2,(H,18,20)(H2,19,21,22,24). The van der Waals surface area contributed by atoms with E-state index in [1.165, 1.54) is 34.9 Å². The zero-order valence-corrected chi connectivity index (χ0v) is 14.3. The fourth-order valence-corrected chi connectivity index (χ4v) is 2.38. The molecule has 1 aromatic carbocycles. The molecule has 8 nitrogen and oxygen atoms in total. The van der Waals surface area contributed by atoms with Crippen molar-refractivity contribution in [2.45, 2.75) is 0 Å². The first-order valence-electron chi connectivity index (χ1n) is 7.32. The van der Waals surface area contributed by atoms with Gasteiger partial charge in [0.25, 0.3) is 5.91 Å². The van der Waals surface area contributed by atoms with Crippen molar-refractivity contribution in [2.24, 2.45) is 0 Å². The highest BCUT2D eigenvalue weighted by Crippen LogP contribution is 2.15. The van der Waals surface area contributed by atoms with Crippen molar-refractivity contribution in [3.8, 4) is 0 Å². The van der Waals surface area contributed by atoms with Crippen LogP contribution in [0.25, 0.3) is 0 Å². The second-order valence-corrected chi connectivity index (χ2v) is 5.62. The zero-order chi connectivity index (χ0) is 18.9. The van der Waals surface area contributed by atoms with Crippen molar-refractivity contribution in [1.82, 2.24) is 10.3 Å². The maximum atomic E-state index is 13.4. The number of aromatic nitrogens is 1. The number of benzene rings is 1. The third kappa shape index (κ3) is 5.67. The average molecular weight is 378 g/mol. The van der Waals surface area contributed by atoms with E-state index in [4.69, 9.17) is 4.74 Å². The largest absolute Gasteiger partial charge is 0.451 e. The van der Waals surface area contributed by atoms with Gasteiger partial charge in [0.1, 0.15) is 5.82 Å². The number of carbonyl (C=O) groups excluding carboxylic acids is 3. The number of ether oxygens (including phenoxy) is 1. The minimum Gasteiger partial charge on any atom is -0.451 e. The van der Waals surface area contributed by atoms with Crippen molar-refractivity contribution in [1.29, 1.82) is 0 Å². The van der Waals surface area contributed by atoms with Gasteiger partial charge in [-0.25, -0.2) is 19.0 Å². The molecule has 0 aliphatic carbocycles. The Morgan fingerprint density at radius 3 is 2.81 bits per heavy atom. The summed E-state index contributed by atoms with van der Waals surface area (Å²) in [5, 5.41) is 8.97. The summed E-state index contributed by atoms with van der Waals surface area (Å²) in [6, 6.07) is 4.53. The van der Waals surface area contributed by atoms with Gasteiger partial charge in [-0.2, -0.15) is 0 Å². The van der Waals surface area contributed by atoms with Crippen LogP contribution in [0.4, 0.5) is 20.0 Å². The van der Waals surface area contributed by atoms with Gasteiger partial charge in [0.05, 0.1) is 5.69 Å². The van der Waals surface area contributed by atoms with E-state index >= 15 is 0 Å². The highest BCUT2D eigenvalue weighted by atomic mass is 32.1. The second kappa shape index (κ2) is 9.28. The van der Waals surface area contributed by atoms with E-state index in [0.29, 0.717) is 11.7 Å². The lowest BCUT2D eigenvalue weighted by atomic mass is 10.3. The fourth-order valence-electron chi connectivity index (χ4n) is 1.69. The first kappa shape index (κ1) is 19.1. The third-order valence-electron chi connectivity index (χ3n) is 2.82. The van der Waals surface area contributed by atoms with Crippen LogP contribution in [0.1, 0.15) is 10.5 Å². The number of nitrogens with zero attached hydrogens (tertiary/aromatic N) is 1. The van der Waals surface area contributed by atoms with Gasteiger partial charge >= 0.3 is 12.0 Å². The van der Waals surface area contributed by atoms with Gasteiger partial charge in [0.2, 0.25) is 0 Å². The quantitative estimate of drug-likeness (QED) is 0.504. The molecule has 136 valence electrons. The number of carbonyl (C=O) groups is 3. The number of nitrogens with one attached hydrogen (secondary N) is 3. The van der Waals surface area contributed by atoms with Gasteiger partial charge in [-0.3, -0.25) is 10.1 Å². The fraction of sp³-hybridized carbons (Fsp3) is 0.125. The zero-order valence-electron chi connectivity index (χ0n) is 13.5. The van der Waals surface area contributed by atoms with E-state index in [1.54, 1.807) is 6.08 Å². The van der Waals surface area contributed by atoms with Crippen LogP contribution in [0.3, 0.4) is 0 Å². The Morgan fingerprint density at radius 1 is 1.31 bits per heavy atom. The van der Waals surface area contributed by atoms with Crippen LogP contribution in [0.15, 0.2) is 42.3 Å². The molecule has 2 aromatic rings. The highest BCUT2D eigenvalue weighted by Gasteiger charge is 2.16. The molecule has 0 atom stereocenters. The Labute approximate surface area is 152 Å². The Morgan fingerprint density at radius 2 is 2.08 bits per heavy atom. The first-order valence-corrected chi connectivity index (χ1v) is 8.20. The molecule has 0 unspecified atom stereocenters. The maximum absolute atomic E-state index is 13.4. The summed E-state index contributed by atoms with van der Waals surface area (Å²) >= 11 is 1.19. The van der Waals surface area contributed by atoms with E-state index in [1.807, 2.05) is 5.32 Å². The molecule has 0 saturated heterocycles. The lowest BCUT2D eigenvalue weighted by Crippen LogP contribution is -2.37. The van der Waals surface area contributed by atoms with Gasteiger partial charge in [-0.1, -0.05) is 18.2 Å². The van der Waals surface area contributed by atoms with Gasteiger partial charge in [-0.05, 0) is 12.1 Å². The van der Waals surface area contributed by atoms with Crippen molar-refractivity contribution in [3.63, 3.8) is 0 Å². The number of anilines is 2. The number of thiazole rings is 1. The van der Waals surface area contributed by atoms with E-state index in [2.05, 4.69) is 22.2 Å². The summed E-state index contributed by atoms with van der Waals surface area (Å²) in [6.45, 7) is 3.35. The molecule has 0 spiro atoms. The molecule has 1 aromatic heterocycles. The lowest BCUT2D eigenvalue weighted by molar-refractivity contribution is -0.123. The number of esters is 1. The number of halogens is 1. The molecule has 0 aliphatic rings. The van der Waals surface area contributed by atoms with E-state index < -0.39 is 30.3 Å². The van der Waals surface area contributed by atoms with E-state index in [0.717, 1.165) is 6.07 Å². The van der Waals surface area contributed by atoms with Crippen LogP contribution < -0.4 is 16.0 Å². The van der Waals surface area contributed by atoms with E-state index in [-0.39, 0.29) is 11.4 Å². The number of hydrogen-bond acceptors (Lipinski definition) is 7. The van der Waals surface area contributed by atoms with Crippen LogP contribution in [-0.2, 0) is 9.53 Å². The molecular formula is C16H15FN4O4S. The number of amides is 3. The van der Waals surface area contributed by atoms with Crippen molar-refractivity contribution in [3.05, 3.63) is 53.8 Å². The number of para-hydroxylation sites is 1. The minimum atomic E-state index is -0.944. The van der Waals surface area contributed by atoms with Crippen molar-refractivity contribution < 1.29 is 23.5 Å². The monoisotopic (exact) mass is 378 g/mol. The Balaban J connectivity index is 1.78. The van der Waals surface area contributed by atoms with E-state index in [9.17, 15) is 18.8 Å². The maximum Gasteiger partial charge on any atom is 0.358 e. The number of hydrogen-bond donors (Lipinski definition) is 3. The Kier molecular flexibility index (Phi) is 6.80. The summed E-state index contributed by atoms with van der Waals surface area (Å²) < 4.78 is 18.2. The normalized spacial score (nSPS) is 9.88.